The number of benzene rings is 2. The number of piperazine rings is 1. The number of nitrogens with zero attached hydrogens (tertiary/aromatic N) is 6. The third kappa shape index (κ3) is 5.19. The van der Waals surface area contributed by atoms with Crippen LogP contribution < -0.4 is 15.0 Å². The molecule has 4 aromatic rings. The predicted octanol–water partition coefficient (Wildman–Crippen LogP) is 3.71. The summed E-state index contributed by atoms with van der Waals surface area (Å²) in [4.78, 5) is 33.2. The van der Waals surface area contributed by atoms with Gasteiger partial charge in [0.15, 0.2) is 5.82 Å². The van der Waals surface area contributed by atoms with Crippen LogP contribution in [0.25, 0.3) is 32.9 Å². The average molecular weight is 651 g/mol. The van der Waals surface area contributed by atoms with Gasteiger partial charge in [-0.2, -0.15) is 9.97 Å². The lowest BCUT2D eigenvalue weighted by Gasteiger charge is -2.40. The molecule has 2 bridgehead atoms. The zero-order chi connectivity index (χ0) is 33.6. The van der Waals surface area contributed by atoms with E-state index in [9.17, 15) is 9.90 Å². The van der Waals surface area contributed by atoms with Crippen molar-refractivity contribution in [3.05, 3.63) is 47.9 Å². The molecule has 248 valence electrons. The highest BCUT2D eigenvalue weighted by Crippen LogP contribution is 2.41. The van der Waals surface area contributed by atoms with Gasteiger partial charge in [0.2, 0.25) is 6.21 Å². The van der Waals surface area contributed by atoms with Gasteiger partial charge in [-0.25, -0.2) is 4.39 Å². The number of pyridine rings is 1. The molecule has 10 nitrogen and oxygen atoms in total. The summed E-state index contributed by atoms with van der Waals surface area (Å²) in [5.41, 5.74) is 0.997. The van der Waals surface area contributed by atoms with E-state index in [1.165, 1.54) is 6.07 Å². The SMILES string of the molecule is C#Cc1cccc2cc(O)cc(-c3ncc4c(N5CC6CCC(C5)N6C(=O)C=[NH2+])nc(OCC56CCCN5CCC6)nc4c3F)c12.CC. The fourth-order valence-corrected chi connectivity index (χ4v) is 8.42. The lowest BCUT2D eigenvalue weighted by Crippen LogP contribution is -2.58. The molecule has 2 aromatic heterocycles. The molecule has 6 heterocycles. The van der Waals surface area contributed by atoms with Crippen molar-refractivity contribution >= 4 is 39.6 Å². The molecular formula is C37H41FN7O3+. The molecule has 3 N–H and O–H groups in total. The number of anilines is 1. The maximum absolute atomic E-state index is 16.9. The third-order valence-electron chi connectivity index (χ3n) is 10.5. The summed E-state index contributed by atoms with van der Waals surface area (Å²) in [6, 6.07) is 8.51. The van der Waals surface area contributed by atoms with Gasteiger partial charge in [0.1, 0.15) is 29.4 Å². The number of phenolic OH excluding ortho intramolecular Hbond substituents is 1. The average Bonchev–Trinajstić information content (AvgIpc) is 3.77. The van der Waals surface area contributed by atoms with Crippen molar-refractivity contribution in [2.75, 3.05) is 37.7 Å². The zero-order valence-electron chi connectivity index (χ0n) is 27.5. The van der Waals surface area contributed by atoms with E-state index in [0.29, 0.717) is 52.8 Å². The molecule has 0 radical (unpaired) electrons. The van der Waals surface area contributed by atoms with Gasteiger partial charge < -0.3 is 19.6 Å². The van der Waals surface area contributed by atoms with Crippen LogP contribution >= 0.6 is 0 Å². The van der Waals surface area contributed by atoms with E-state index >= 15 is 4.39 Å². The van der Waals surface area contributed by atoms with Crippen LogP contribution in [0.4, 0.5) is 10.2 Å². The number of hydrogen-bond acceptors (Lipinski definition) is 8. The Morgan fingerprint density at radius 2 is 1.90 bits per heavy atom. The first-order valence-electron chi connectivity index (χ1n) is 17.0. The van der Waals surface area contributed by atoms with Crippen LogP contribution in [0, 0.1) is 18.2 Å². The highest BCUT2D eigenvalue weighted by molar-refractivity contribution is 6.23. The summed E-state index contributed by atoms with van der Waals surface area (Å²) < 4.78 is 23.2. The van der Waals surface area contributed by atoms with Crippen molar-refractivity contribution in [1.29, 1.82) is 0 Å². The Bertz CT molecular complexity index is 1940. The standard InChI is InChI=1S/C35H34FN7O3.C2H6/c1-2-21-6-3-7-22-14-25(44)15-26(29(21)22)31-30(36)32-27(17-38-31)33(41-18-23-8-9-24(19-41)43(23)28(45)16-37)40-34(39-32)46-20-35-10-4-12-42(35)13-5-11-35;1-2/h1,3,6-7,14-17,23-24,37,44H,4-5,8-13,18-20H2;1-2H3/p+1. The van der Waals surface area contributed by atoms with E-state index < -0.39 is 5.82 Å². The molecule has 4 saturated heterocycles. The second kappa shape index (κ2) is 12.7. The minimum atomic E-state index is -0.652. The molecule has 0 aliphatic carbocycles. The molecule has 1 amide bonds. The monoisotopic (exact) mass is 650 g/mol. The normalized spacial score (nSPS) is 21.1. The number of terminal acetylenes is 1. The second-order valence-electron chi connectivity index (χ2n) is 13.0. The van der Waals surface area contributed by atoms with Crippen LogP contribution in [0.2, 0.25) is 0 Å². The van der Waals surface area contributed by atoms with Crippen LogP contribution in [0.1, 0.15) is 57.9 Å². The summed E-state index contributed by atoms with van der Waals surface area (Å²) in [6.07, 6.45) is 14.6. The lowest BCUT2D eigenvalue weighted by molar-refractivity contribution is -0.141. The summed E-state index contributed by atoms with van der Waals surface area (Å²) in [6.45, 7) is 7.58. The van der Waals surface area contributed by atoms with Gasteiger partial charge in [-0.15, -0.1) is 6.42 Å². The zero-order valence-corrected chi connectivity index (χ0v) is 27.5. The van der Waals surface area contributed by atoms with Gasteiger partial charge >= 0.3 is 11.9 Å². The van der Waals surface area contributed by atoms with Crippen LogP contribution in [-0.2, 0) is 4.79 Å². The minimum absolute atomic E-state index is 0.0250. The molecule has 4 fully saturated rings. The van der Waals surface area contributed by atoms with Crippen LogP contribution in [0.5, 0.6) is 11.8 Å². The van der Waals surface area contributed by atoms with Gasteiger partial charge in [-0.05, 0) is 75.2 Å². The van der Waals surface area contributed by atoms with Gasteiger partial charge in [0.25, 0.3) is 0 Å². The van der Waals surface area contributed by atoms with E-state index in [4.69, 9.17) is 21.6 Å². The Morgan fingerprint density at radius 1 is 1.17 bits per heavy atom. The Balaban J connectivity index is 0.00000179. The predicted molar refractivity (Wildman–Crippen MR) is 183 cm³/mol. The summed E-state index contributed by atoms with van der Waals surface area (Å²) >= 11 is 0. The number of aromatic hydroxyl groups is 1. The number of fused-ring (bicyclic) bond motifs is 5. The van der Waals surface area contributed by atoms with Crippen molar-refractivity contribution in [3.63, 3.8) is 0 Å². The largest absolute Gasteiger partial charge is 0.508 e. The Hall–Kier alpha value is -4.82. The highest BCUT2D eigenvalue weighted by Gasteiger charge is 2.46. The third-order valence-corrected chi connectivity index (χ3v) is 10.5. The fraction of sp³-hybridized carbons (Fsp3) is 0.432. The quantitative estimate of drug-likeness (QED) is 0.240. The van der Waals surface area contributed by atoms with Gasteiger partial charge in [0, 0.05) is 35.8 Å². The van der Waals surface area contributed by atoms with Crippen LogP contribution in [-0.4, -0.2) is 92.4 Å². The second-order valence-corrected chi connectivity index (χ2v) is 13.0. The first-order valence-corrected chi connectivity index (χ1v) is 17.0. The molecule has 2 unspecified atom stereocenters. The van der Waals surface area contributed by atoms with Crippen molar-refractivity contribution in [2.24, 2.45) is 0 Å². The minimum Gasteiger partial charge on any atom is -0.508 e. The lowest BCUT2D eigenvalue weighted by atomic mass is 9.95. The number of ether oxygens (including phenoxy) is 1. The number of carbonyl (C=O) groups excluding carboxylic acids is 1. The van der Waals surface area contributed by atoms with Gasteiger partial charge in [-0.3, -0.25) is 20.1 Å². The summed E-state index contributed by atoms with van der Waals surface area (Å²) in [5, 5.41) is 17.9. The Morgan fingerprint density at radius 3 is 2.58 bits per heavy atom. The van der Waals surface area contributed by atoms with Crippen molar-refractivity contribution < 1.29 is 24.4 Å². The number of rotatable bonds is 6. The number of nitrogens with two attached hydrogens (primary N) is 1. The Labute approximate surface area is 279 Å². The summed E-state index contributed by atoms with van der Waals surface area (Å²) in [7, 11) is 0. The van der Waals surface area contributed by atoms with E-state index in [1.54, 1.807) is 24.4 Å². The first-order chi connectivity index (χ1) is 23.4. The number of aromatic nitrogens is 3. The number of amides is 1. The number of carbonyl (C=O) groups is 1. The molecular weight excluding hydrogens is 609 g/mol. The van der Waals surface area contributed by atoms with Crippen molar-refractivity contribution in [1.82, 2.24) is 24.8 Å². The van der Waals surface area contributed by atoms with E-state index in [0.717, 1.165) is 57.8 Å². The topological polar surface area (TPSA) is 121 Å². The summed E-state index contributed by atoms with van der Waals surface area (Å²) in [5.74, 6) is 2.35. The molecule has 8 rings (SSSR count). The number of phenols is 1. The molecule has 4 aliphatic heterocycles. The molecule has 48 heavy (non-hydrogen) atoms. The van der Waals surface area contributed by atoms with E-state index in [1.807, 2.05) is 24.8 Å². The van der Waals surface area contributed by atoms with E-state index in [-0.39, 0.29) is 46.5 Å². The van der Waals surface area contributed by atoms with Gasteiger partial charge in [0.05, 0.1) is 23.0 Å². The first kappa shape index (κ1) is 31.8. The maximum atomic E-state index is 16.9. The van der Waals surface area contributed by atoms with E-state index in [2.05, 4.69) is 25.7 Å². The molecule has 0 saturated carbocycles. The number of halogens is 1. The van der Waals surface area contributed by atoms with Crippen LogP contribution in [0.15, 0.2) is 36.5 Å². The van der Waals surface area contributed by atoms with Crippen LogP contribution in [0.3, 0.4) is 0 Å². The molecule has 2 atom stereocenters. The molecule has 4 aliphatic rings. The van der Waals surface area contributed by atoms with Crippen molar-refractivity contribution in [3.8, 4) is 35.4 Å². The molecule has 2 aromatic carbocycles. The van der Waals surface area contributed by atoms with Gasteiger partial charge in [-0.1, -0.05) is 31.9 Å². The molecule has 11 heteroatoms. The molecule has 0 spiro atoms. The Kier molecular flexibility index (Phi) is 8.37. The van der Waals surface area contributed by atoms with Crippen molar-refractivity contribution in [2.45, 2.75) is 70.0 Å². The highest BCUT2D eigenvalue weighted by atomic mass is 19.1. The maximum Gasteiger partial charge on any atom is 0.319 e. The number of hydrogen-bond donors (Lipinski definition) is 2. The smallest absolute Gasteiger partial charge is 0.319 e. The fourth-order valence-electron chi connectivity index (χ4n) is 8.42.